The van der Waals surface area contributed by atoms with Crippen LogP contribution in [0, 0.1) is 11.6 Å². The number of carbonyl (C=O) groups is 1. The quantitative estimate of drug-likeness (QED) is 0.256. The molecule has 2 atom stereocenters. The molecule has 6 rings (SSSR count). The van der Waals surface area contributed by atoms with E-state index in [1.54, 1.807) is 6.20 Å². The van der Waals surface area contributed by atoms with E-state index in [1.807, 2.05) is 30.3 Å². The molecule has 0 saturated heterocycles. The highest BCUT2D eigenvalue weighted by Crippen LogP contribution is 2.39. The number of aliphatic hydroxyl groups excluding tert-OH is 1. The van der Waals surface area contributed by atoms with Crippen LogP contribution in [0.1, 0.15) is 42.1 Å². The van der Waals surface area contributed by atoms with E-state index in [0.717, 1.165) is 42.1 Å². The Labute approximate surface area is 233 Å². The Hall–Kier alpha value is -4.71. The smallest absolute Gasteiger partial charge is 0.254 e. The van der Waals surface area contributed by atoms with Crippen molar-refractivity contribution >= 4 is 16.9 Å². The standard InChI is InChI=1S/C29H27F2N7O3/c30-17-8-9-22(31)21(12-17)29(40)35-18-4-3-5-19(13-18)38-25-14-23(27-33-16-34-37-27)32-15-24(25)36-28(38)20-6-1-2-7-26(20)41-11-10-39/h1-2,6-9,12,14-16,18-19,39H,3-5,10-11,13H2,(H,35,40)(H,33,34,37)/t18-,19+/m0/s1. The van der Waals surface area contributed by atoms with Gasteiger partial charge >= 0.3 is 0 Å². The lowest BCUT2D eigenvalue weighted by molar-refractivity contribution is 0.0916. The minimum atomic E-state index is -0.772. The number of nitrogens with one attached hydrogen (secondary N) is 2. The molecule has 1 aliphatic rings. The van der Waals surface area contributed by atoms with E-state index in [-0.39, 0.29) is 30.9 Å². The molecule has 3 heterocycles. The highest BCUT2D eigenvalue weighted by molar-refractivity contribution is 5.94. The van der Waals surface area contributed by atoms with E-state index in [2.05, 4.69) is 30.0 Å². The van der Waals surface area contributed by atoms with Crippen molar-refractivity contribution in [1.82, 2.24) is 35.0 Å². The van der Waals surface area contributed by atoms with Crippen molar-refractivity contribution in [2.24, 2.45) is 0 Å². The molecule has 2 aromatic carbocycles. The number of hydrogen-bond donors (Lipinski definition) is 3. The summed E-state index contributed by atoms with van der Waals surface area (Å²) in [6.45, 7) is -0.00621. The first-order valence-corrected chi connectivity index (χ1v) is 13.3. The van der Waals surface area contributed by atoms with Crippen molar-refractivity contribution in [3.63, 3.8) is 0 Å². The molecule has 210 valence electrons. The molecule has 0 radical (unpaired) electrons. The number of pyridine rings is 1. The summed E-state index contributed by atoms with van der Waals surface area (Å²) >= 11 is 0. The fraction of sp³-hybridized carbons (Fsp3) is 0.276. The molecule has 3 N–H and O–H groups in total. The highest BCUT2D eigenvalue weighted by Gasteiger charge is 2.30. The lowest BCUT2D eigenvalue weighted by Gasteiger charge is -2.32. The number of carbonyl (C=O) groups excluding carboxylic acids is 1. The summed E-state index contributed by atoms with van der Waals surface area (Å²) in [5.41, 5.74) is 2.49. The largest absolute Gasteiger partial charge is 0.490 e. The van der Waals surface area contributed by atoms with Gasteiger partial charge in [-0.25, -0.2) is 18.7 Å². The van der Waals surface area contributed by atoms with Gasteiger partial charge in [0.15, 0.2) is 5.82 Å². The first kappa shape index (κ1) is 26.5. The van der Waals surface area contributed by atoms with Crippen LogP contribution < -0.4 is 10.1 Å². The van der Waals surface area contributed by atoms with Gasteiger partial charge in [0.25, 0.3) is 5.91 Å². The van der Waals surface area contributed by atoms with Gasteiger partial charge in [0.05, 0.1) is 29.4 Å². The molecule has 3 aromatic heterocycles. The second-order valence-electron chi connectivity index (χ2n) is 9.88. The molecule has 1 fully saturated rings. The third-order valence-electron chi connectivity index (χ3n) is 7.23. The summed E-state index contributed by atoms with van der Waals surface area (Å²) in [4.78, 5) is 26.6. The Kier molecular flexibility index (Phi) is 7.38. The van der Waals surface area contributed by atoms with E-state index in [4.69, 9.17) is 9.72 Å². The molecule has 12 heteroatoms. The van der Waals surface area contributed by atoms with Gasteiger partial charge in [-0.1, -0.05) is 12.1 Å². The van der Waals surface area contributed by atoms with Crippen molar-refractivity contribution in [2.75, 3.05) is 13.2 Å². The zero-order valence-electron chi connectivity index (χ0n) is 21.9. The van der Waals surface area contributed by atoms with Crippen LogP contribution >= 0.6 is 0 Å². The number of imidazole rings is 1. The van der Waals surface area contributed by atoms with Crippen LogP contribution in [0.5, 0.6) is 5.75 Å². The summed E-state index contributed by atoms with van der Waals surface area (Å²) in [6, 6.07) is 11.8. The maximum atomic E-state index is 14.3. The molecule has 0 spiro atoms. The molecule has 1 saturated carbocycles. The Morgan fingerprint density at radius 3 is 2.85 bits per heavy atom. The number of aromatic amines is 1. The van der Waals surface area contributed by atoms with E-state index in [9.17, 15) is 18.7 Å². The Morgan fingerprint density at radius 1 is 1.15 bits per heavy atom. The summed E-state index contributed by atoms with van der Waals surface area (Å²) < 4.78 is 36.0. The second kappa shape index (κ2) is 11.4. The van der Waals surface area contributed by atoms with Crippen LogP contribution in [0.3, 0.4) is 0 Å². The molecular formula is C29H27F2N7O3. The molecule has 5 aromatic rings. The third kappa shape index (κ3) is 5.38. The van der Waals surface area contributed by atoms with Crippen LogP contribution in [-0.4, -0.2) is 60.0 Å². The van der Waals surface area contributed by atoms with Gasteiger partial charge in [0.2, 0.25) is 0 Å². The summed E-state index contributed by atoms with van der Waals surface area (Å²) in [6.07, 6.45) is 5.93. The Balaban J connectivity index is 1.40. The zero-order valence-corrected chi connectivity index (χ0v) is 21.9. The molecule has 0 aliphatic heterocycles. The van der Waals surface area contributed by atoms with Gasteiger partial charge in [0.1, 0.15) is 47.4 Å². The van der Waals surface area contributed by atoms with E-state index < -0.39 is 17.5 Å². The van der Waals surface area contributed by atoms with Crippen LogP contribution in [0.15, 0.2) is 61.1 Å². The lowest BCUT2D eigenvalue weighted by atomic mass is 9.90. The Morgan fingerprint density at radius 2 is 2.02 bits per heavy atom. The molecule has 1 aliphatic carbocycles. The first-order valence-electron chi connectivity index (χ1n) is 13.3. The third-order valence-corrected chi connectivity index (χ3v) is 7.23. The maximum Gasteiger partial charge on any atom is 0.254 e. The number of hydrogen-bond acceptors (Lipinski definition) is 7. The van der Waals surface area contributed by atoms with Crippen molar-refractivity contribution in [2.45, 2.75) is 37.8 Å². The summed E-state index contributed by atoms with van der Waals surface area (Å²) in [7, 11) is 0. The number of H-pyrrole nitrogens is 1. The average molecular weight is 560 g/mol. The number of aromatic nitrogens is 6. The number of amides is 1. The average Bonchev–Trinajstić information content (AvgIpc) is 3.66. The number of aliphatic hydroxyl groups is 1. The number of fused-ring (bicyclic) bond motifs is 1. The predicted molar refractivity (Wildman–Crippen MR) is 146 cm³/mol. The second-order valence-corrected chi connectivity index (χ2v) is 9.88. The lowest BCUT2D eigenvalue weighted by Crippen LogP contribution is -2.39. The van der Waals surface area contributed by atoms with Gasteiger partial charge in [-0.3, -0.25) is 14.9 Å². The molecule has 10 nitrogen and oxygen atoms in total. The number of benzene rings is 2. The fourth-order valence-electron chi connectivity index (χ4n) is 5.41. The van der Waals surface area contributed by atoms with Crippen molar-refractivity contribution in [1.29, 1.82) is 0 Å². The number of para-hydroxylation sites is 1. The predicted octanol–water partition coefficient (Wildman–Crippen LogP) is 4.45. The van der Waals surface area contributed by atoms with E-state index in [0.29, 0.717) is 41.5 Å². The zero-order chi connectivity index (χ0) is 28.3. The Bertz CT molecular complexity index is 1690. The van der Waals surface area contributed by atoms with Crippen LogP contribution in [-0.2, 0) is 0 Å². The van der Waals surface area contributed by atoms with Crippen molar-refractivity contribution in [3.05, 3.63) is 78.3 Å². The summed E-state index contributed by atoms with van der Waals surface area (Å²) in [5.74, 6) is -0.361. The van der Waals surface area contributed by atoms with Gasteiger partial charge < -0.3 is 19.7 Å². The monoisotopic (exact) mass is 559 g/mol. The van der Waals surface area contributed by atoms with Gasteiger partial charge in [-0.2, -0.15) is 5.10 Å². The van der Waals surface area contributed by atoms with Gasteiger partial charge in [-0.05, 0) is 62.1 Å². The van der Waals surface area contributed by atoms with E-state index in [1.165, 1.54) is 6.33 Å². The van der Waals surface area contributed by atoms with Gasteiger partial charge in [0, 0.05) is 12.1 Å². The van der Waals surface area contributed by atoms with Crippen molar-refractivity contribution in [3.8, 4) is 28.7 Å². The minimum absolute atomic E-state index is 0.0951. The number of halogens is 2. The first-order chi connectivity index (χ1) is 20.0. The van der Waals surface area contributed by atoms with Crippen LogP contribution in [0.4, 0.5) is 8.78 Å². The van der Waals surface area contributed by atoms with Crippen LogP contribution in [0.25, 0.3) is 33.9 Å². The van der Waals surface area contributed by atoms with E-state index >= 15 is 0 Å². The minimum Gasteiger partial charge on any atom is -0.490 e. The molecule has 0 unspecified atom stereocenters. The SMILES string of the molecule is O=C(N[C@H]1CCC[C@@H](n2c(-c3ccccc3OCCO)nc3cnc(-c4ncn[nH]4)cc32)C1)c1cc(F)ccc1F. The normalized spacial score (nSPS) is 17.0. The molecule has 0 bridgehead atoms. The topological polar surface area (TPSA) is 131 Å². The van der Waals surface area contributed by atoms with Crippen molar-refractivity contribution < 1.29 is 23.4 Å². The summed E-state index contributed by atoms with van der Waals surface area (Å²) in [5, 5.41) is 19.0. The highest BCUT2D eigenvalue weighted by atomic mass is 19.1. The number of ether oxygens (including phenoxy) is 1. The molecule has 41 heavy (non-hydrogen) atoms. The fourth-order valence-corrected chi connectivity index (χ4v) is 5.41. The number of rotatable bonds is 8. The molecule has 1 amide bonds. The maximum absolute atomic E-state index is 14.3. The number of nitrogens with zero attached hydrogens (tertiary/aromatic N) is 5. The molecular weight excluding hydrogens is 532 g/mol. The van der Waals surface area contributed by atoms with Gasteiger partial charge in [-0.15, -0.1) is 0 Å². The van der Waals surface area contributed by atoms with Crippen LogP contribution in [0.2, 0.25) is 0 Å².